The van der Waals surface area contributed by atoms with Gasteiger partial charge in [0, 0.05) is 23.0 Å². The van der Waals surface area contributed by atoms with Gasteiger partial charge in [0.15, 0.2) is 0 Å². The maximum Gasteiger partial charge on any atom is 0.223 e. The first-order valence-electron chi connectivity index (χ1n) is 6.09. The number of rotatable bonds is 3. The molecule has 2 unspecified atom stereocenters. The Kier molecular flexibility index (Phi) is 8.57. The zero-order valence-corrected chi connectivity index (χ0v) is 13.4. The van der Waals surface area contributed by atoms with Gasteiger partial charge in [0.1, 0.15) is 5.01 Å². The van der Waals surface area contributed by atoms with E-state index in [1.165, 1.54) is 0 Å². The lowest BCUT2D eigenvalue weighted by molar-refractivity contribution is -0.126. The van der Waals surface area contributed by atoms with Gasteiger partial charge in [0.2, 0.25) is 5.91 Å². The summed E-state index contributed by atoms with van der Waals surface area (Å²) in [5.41, 5.74) is 6.90. The molecule has 4 nitrogen and oxygen atoms in total. The summed E-state index contributed by atoms with van der Waals surface area (Å²) in [6.07, 6.45) is 3.91. The molecular formula is C12H21Cl2N3OS. The summed E-state index contributed by atoms with van der Waals surface area (Å²) in [5, 5.41) is 5.92. The van der Waals surface area contributed by atoms with Crippen LogP contribution in [-0.4, -0.2) is 16.9 Å². The van der Waals surface area contributed by atoms with E-state index in [1.807, 2.05) is 12.3 Å². The van der Waals surface area contributed by atoms with Crippen molar-refractivity contribution in [3.63, 3.8) is 0 Å². The molecule has 1 aliphatic rings. The summed E-state index contributed by atoms with van der Waals surface area (Å²) in [5.74, 6) is 0.229. The van der Waals surface area contributed by atoms with E-state index in [-0.39, 0.29) is 42.7 Å². The second-order valence-electron chi connectivity index (χ2n) is 4.72. The third-order valence-corrected chi connectivity index (χ3v) is 4.13. The van der Waals surface area contributed by atoms with Crippen LogP contribution in [0.1, 0.15) is 36.4 Å². The van der Waals surface area contributed by atoms with Crippen molar-refractivity contribution >= 4 is 42.1 Å². The molecule has 1 aliphatic carbocycles. The molecule has 2 atom stereocenters. The highest BCUT2D eigenvalue weighted by Gasteiger charge is 2.25. The van der Waals surface area contributed by atoms with E-state index in [9.17, 15) is 4.79 Å². The van der Waals surface area contributed by atoms with Gasteiger partial charge in [-0.2, -0.15) is 0 Å². The number of carbonyl (C=O) groups excluding carboxylic acids is 1. The van der Waals surface area contributed by atoms with E-state index in [2.05, 4.69) is 10.3 Å². The van der Waals surface area contributed by atoms with Gasteiger partial charge in [-0.3, -0.25) is 4.79 Å². The molecule has 19 heavy (non-hydrogen) atoms. The number of halogens is 2. The van der Waals surface area contributed by atoms with Crippen molar-refractivity contribution in [1.29, 1.82) is 0 Å². The Morgan fingerprint density at radius 3 is 2.84 bits per heavy atom. The summed E-state index contributed by atoms with van der Waals surface area (Å²) < 4.78 is 0. The largest absolute Gasteiger partial charge is 0.349 e. The maximum absolute atomic E-state index is 11.9. The van der Waals surface area contributed by atoms with E-state index >= 15 is 0 Å². The summed E-state index contributed by atoms with van der Waals surface area (Å²) in [6.45, 7) is 2.51. The predicted octanol–water partition coefficient (Wildman–Crippen LogP) is 2.43. The van der Waals surface area contributed by atoms with Crippen molar-refractivity contribution in [2.75, 3.05) is 0 Å². The van der Waals surface area contributed by atoms with Gasteiger partial charge in [-0.15, -0.1) is 36.2 Å². The van der Waals surface area contributed by atoms with Crippen molar-refractivity contribution < 1.29 is 4.79 Å². The second kappa shape index (κ2) is 8.74. The lowest BCUT2D eigenvalue weighted by Gasteiger charge is -2.25. The Labute approximate surface area is 130 Å². The van der Waals surface area contributed by atoms with Crippen molar-refractivity contribution in [3.05, 3.63) is 16.1 Å². The molecular weight excluding hydrogens is 305 g/mol. The Morgan fingerprint density at radius 2 is 2.26 bits per heavy atom. The SMILES string of the molecule is Cc1csc(CNC(=O)C2CCCC(N)C2)n1.Cl.Cl. The van der Waals surface area contributed by atoms with Gasteiger partial charge in [0.25, 0.3) is 0 Å². The van der Waals surface area contributed by atoms with E-state index in [0.29, 0.717) is 6.54 Å². The quantitative estimate of drug-likeness (QED) is 0.896. The zero-order valence-electron chi connectivity index (χ0n) is 10.9. The molecule has 0 spiro atoms. The predicted molar refractivity (Wildman–Crippen MR) is 83.1 cm³/mol. The number of carbonyl (C=O) groups is 1. The first-order chi connectivity index (χ1) is 8.15. The molecule has 1 heterocycles. The number of hydrogen-bond donors (Lipinski definition) is 2. The molecule has 1 fully saturated rings. The molecule has 0 radical (unpaired) electrons. The van der Waals surface area contributed by atoms with Crippen LogP contribution in [0, 0.1) is 12.8 Å². The summed E-state index contributed by atoms with van der Waals surface area (Å²) >= 11 is 1.59. The summed E-state index contributed by atoms with van der Waals surface area (Å²) in [6, 6.07) is 0.196. The first kappa shape index (κ1) is 18.6. The highest BCUT2D eigenvalue weighted by molar-refractivity contribution is 7.09. The van der Waals surface area contributed by atoms with Crippen LogP contribution in [0.2, 0.25) is 0 Å². The van der Waals surface area contributed by atoms with Gasteiger partial charge in [-0.1, -0.05) is 6.42 Å². The minimum Gasteiger partial charge on any atom is -0.349 e. The van der Waals surface area contributed by atoms with Gasteiger partial charge < -0.3 is 11.1 Å². The normalized spacial score (nSPS) is 22.0. The first-order valence-corrected chi connectivity index (χ1v) is 6.97. The van der Waals surface area contributed by atoms with Crippen LogP contribution in [0.25, 0.3) is 0 Å². The number of amides is 1. The topological polar surface area (TPSA) is 68.0 Å². The standard InChI is InChI=1S/C12H19N3OS.2ClH/c1-8-7-17-11(15-8)6-14-12(16)9-3-2-4-10(13)5-9;;/h7,9-10H,2-6,13H2,1H3,(H,14,16);2*1H. The molecule has 2 rings (SSSR count). The molecule has 0 saturated heterocycles. The van der Waals surface area contributed by atoms with E-state index < -0.39 is 0 Å². The number of thiazole rings is 1. The van der Waals surface area contributed by atoms with Gasteiger partial charge in [0.05, 0.1) is 6.54 Å². The smallest absolute Gasteiger partial charge is 0.223 e. The van der Waals surface area contributed by atoms with Crippen LogP contribution >= 0.6 is 36.2 Å². The number of nitrogens with zero attached hydrogens (tertiary/aromatic N) is 1. The molecule has 0 bridgehead atoms. The molecule has 0 aliphatic heterocycles. The lowest BCUT2D eigenvalue weighted by atomic mass is 9.85. The summed E-state index contributed by atoms with van der Waals surface area (Å²) in [4.78, 5) is 16.3. The fraction of sp³-hybridized carbons (Fsp3) is 0.667. The number of hydrogen-bond acceptors (Lipinski definition) is 4. The fourth-order valence-electron chi connectivity index (χ4n) is 2.26. The van der Waals surface area contributed by atoms with Crippen molar-refractivity contribution in [1.82, 2.24) is 10.3 Å². The van der Waals surface area contributed by atoms with Crippen LogP contribution in [0.4, 0.5) is 0 Å². The Balaban J connectivity index is 0.00000162. The minimum absolute atomic E-state index is 0. The zero-order chi connectivity index (χ0) is 12.3. The number of aromatic nitrogens is 1. The van der Waals surface area contributed by atoms with Crippen molar-refractivity contribution in [3.8, 4) is 0 Å². The molecule has 1 aromatic heterocycles. The molecule has 1 aromatic rings. The van der Waals surface area contributed by atoms with Gasteiger partial charge in [-0.05, 0) is 26.2 Å². The van der Waals surface area contributed by atoms with Gasteiger partial charge in [-0.25, -0.2) is 4.98 Å². The Hall–Kier alpha value is -0.360. The number of nitrogens with one attached hydrogen (secondary N) is 1. The number of nitrogens with two attached hydrogens (primary N) is 1. The average molecular weight is 326 g/mol. The fourth-order valence-corrected chi connectivity index (χ4v) is 2.97. The molecule has 0 aromatic carbocycles. The molecule has 7 heteroatoms. The lowest BCUT2D eigenvalue weighted by Crippen LogP contribution is -2.37. The Bertz CT molecular complexity index is 400. The van der Waals surface area contributed by atoms with Crippen molar-refractivity contribution in [2.24, 2.45) is 11.7 Å². The third kappa shape index (κ3) is 5.65. The minimum atomic E-state index is 0. The van der Waals surface area contributed by atoms with Crippen LogP contribution in [0.5, 0.6) is 0 Å². The van der Waals surface area contributed by atoms with Gasteiger partial charge >= 0.3 is 0 Å². The van der Waals surface area contributed by atoms with Crippen LogP contribution in [0.15, 0.2) is 5.38 Å². The third-order valence-electron chi connectivity index (χ3n) is 3.17. The van der Waals surface area contributed by atoms with E-state index in [4.69, 9.17) is 5.73 Å². The molecule has 1 saturated carbocycles. The van der Waals surface area contributed by atoms with Crippen molar-refractivity contribution in [2.45, 2.75) is 45.2 Å². The molecule has 1 amide bonds. The average Bonchev–Trinajstić information content (AvgIpc) is 2.72. The highest BCUT2D eigenvalue weighted by Crippen LogP contribution is 2.23. The van der Waals surface area contributed by atoms with E-state index in [1.54, 1.807) is 11.3 Å². The Morgan fingerprint density at radius 1 is 1.53 bits per heavy atom. The monoisotopic (exact) mass is 325 g/mol. The molecule has 3 N–H and O–H groups in total. The highest BCUT2D eigenvalue weighted by atomic mass is 35.5. The van der Waals surface area contributed by atoms with Crippen LogP contribution in [-0.2, 0) is 11.3 Å². The maximum atomic E-state index is 11.9. The second-order valence-corrected chi connectivity index (χ2v) is 5.67. The van der Waals surface area contributed by atoms with Crippen LogP contribution < -0.4 is 11.1 Å². The van der Waals surface area contributed by atoms with Crippen LogP contribution in [0.3, 0.4) is 0 Å². The summed E-state index contributed by atoms with van der Waals surface area (Å²) in [7, 11) is 0. The molecule has 110 valence electrons. The van der Waals surface area contributed by atoms with E-state index in [0.717, 1.165) is 36.4 Å². The number of aryl methyl sites for hydroxylation is 1.